The van der Waals surface area contributed by atoms with Crippen molar-refractivity contribution in [2.75, 3.05) is 13.2 Å². The van der Waals surface area contributed by atoms with E-state index in [1.807, 2.05) is 12.1 Å². The minimum Gasteiger partial charge on any atom is -0.493 e. The Morgan fingerprint density at radius 1 is 1.38 bits per heavy atom. The molecule has 112 valence electrons. The largest absolute Gasteiger partial charge is 0.493 e. The molecule has 21 heavy (non-hydrogen) atoms. The predicted molar refractivity (Wildman–Crippen MR) is 86.2 cm³/mol. The molecule has 1 aliphatic heterocycles. The second-order valence-electron chi connectivity index (χ2n) is 5.52. The zero-order valence-corrected chi connectivity index (χ0v) is 13.1. The van der Waals surface area contributed by atoms with Crippen molar-refractivity contribution in [1.82, 2.24) is 9.88 Å². The Kier molecular flexibility index (Phi) is 4.51. The van der Waals surface area contributed by atoms with Crippen molar-refractivity contribution in [2.45, 2.75) is 32.9 Å². The summed E-state index contributed by atoms with van der Waals surface area (Å²) in [6, 6.07) is 6.19. The van der Waals surface area contributed by atoms with Gasteiger partial charge in [0, 0.05) is 35.9 Å². The van der Waals surface area contributed by atoms with Gasteiger partial charge in [-0.05, 0) is 42.3 Å². The Labute approximate surface area is 130 Å². The topological polar surface area (TPSA) is 26.2 Å². The van der Waals surface area contributed by atoms with Gasteiger partial charge in [-0.2, -0.15) is 0 Å². The number of nitrogens with zero attached hydrogens (tertiary/aromatic N) is 1. The van der Waals surface area contributed by atoms with E-state index in [4.69, 9.17) is 16.3 Å². The van der Waals surface area contributed by atoms with Crippen LogP contribution in [0.2, 0.25) is 5.02 Å². The molecule has 0 spiro atoms. The summed E-state index contributed by atoms with van der Waals surface area (Å²) in [6.45, 7) is 5.72. The number of aromatic nitrogens is 1. The standard InChI is InChI=1S/C17H21ClN2O/c1-2-5-19-10-13-3-6-20(11-13)12-15-9-16(18)8-14-4-7-21-17(14)15/h3,6,8-9,11,19H,2,4-5,7,10,12H2,1H3. The van der Waals surface area contributed by atoms with Gasteiger partial charge in [0.1, 0.15) is 5.75 Å². The lowest BCUT2D eigenvalue weighted by atomic mass is 10.1. The summed E-state index contributed by atoms with van der Waals surface area (Å²) in [7, 11) is 0. The third-order valence-corrected chi connectivity index (χ3v) is 3.96. The maximum absolute atomic E-state index is 6.21. The van der Waals surface area contributed by atoms with Gasteiger partial charge >= 0.3 is 0 Å². The summed E-state index contributed by atoms with van der Waals surface area (Å²) in [6.07, 6.45) is 6.42. The summed E-state index contributed by atoms with van der Waals surface area (Å²) in [5.74, 6) is 1.03. The van der Waals surface area contributed by atoms with Crippen LogP contribution in [0.25, 0.3) is 0 Å². The molecule has 0 saturated heterocycles. The van der Waals surface area contributed by atoms with Crippen molar-refractivity contribution in [2.24, 2.45) is 0 Å². The van der Waals surface area contributed by atoms with Crippen LogP contribution < -0.4 is 10.1 Å². The highest BCUT2D eigenvalue weighted by Crippen LogP contribution is 2.33. The van der Waals surface area contributed by atoms with E-state index in [1.54, 1.807) is 0 Å². The van der Waals surface area contributed by atoms with Crippen LogP contribution in [-0.4, -0.2) is 17.7 Å². The number of benzene rings is 1. The second-order valence-corrected chi connectivity index (χ2v) is 5.96. The molecule has 0 amide bonds. The average molecular weight is 305 g/mol. The third kappa shape index (κ3) is 3.42. The second kappa shape index (κ2) is 6.54. The molecule has 1 aromatic carbocycles. The molecule has 1 aromatic heterocycles. The van der Waals surface area contributed by atoms with Crippen LogP contribution in [0.4, 0.5) is 0 Å². The Hall–Kier alpha value is -1.45. The molecule has 0 bridgehead atoms. The van der Waals surface area contributed by atoms with Gasteiger partial charge in [-0.1, -0.05) is 18.5 Å². The number of nitrogens with one attached hydrogen (secondary N) is 1. The molecular weight excluding hydrogens is 284 g/mol. The van der Waals surface area contributed by atoms with E-state index in [0.717, 1.165) is 49.9 Å². The van der Waals surface area contributed by atoms with Crippen LogP contribution in [0.15, 0.2) is 30.6 Å². The summed E-state index contributed by atoms with van der Waals surface area (Å²) in [5, 5.41) is 4.22. The molecule has 0 atom stereocenters. The minimum absolute atomic E-state index is 0.764. The van der Waals surface area contributed by atoms with Gasteiger partial charge < -0.3 is 14.6 Å². The lowest BCUT2D eigenvalue weighted by Crippen LogP contribution is -2.13. The fourth-order valence-electron chi connectivity index (χ4n) is 2.76. The zero-order valence-electron chi connectivity index (χ0n) is 12.4. The maximum Gasteiger partial charge on any atom is 0.127 e. The van der Waals surface area contributed by atoms with E-state index < -0.39 is 0 Å². The molecule has 3 nitrogen and oxygen atoms in total. The Balaban J connectivity index is 1.72. The fourth-order valence-corrected chi connectivity index (χ4v) is 3.03. The molecule has 1 N–H and O–H groups in total. The van der Waals surface area contributed by atoms with Gasteiger partial charge in [-0.15, -0.1) is 0 Å². The Bertz CT molecular complexity index is 621. The van der Waals surface area contributed by atoms with Crippen molar-refractivity contribution in [3.8, 4) is 5.75 Å². The molecule has 2 heterocycles. The first-order valence-electron chi connectivity index (χ1n) is 7.55. The van der Waals surface area contributed by atoms with E-state index in [2.05, 4.69) is 35.3 Å². The van der Waals surface area contributed by atoms with Crippen LogP contribution in [0.5, 0.6) is 5.75 Å². The monoisotopic (exact) mass is 304 g/mol. The SMILES string of the molecule is CCCNCc1ccn(Cc2cc(Cl)cc3c2OCC3)c1. The van der Waals surface area contributed by atoms with Crippen LogP contribution in [0.1, 0.15) is 30.0 Å². The summed E-state index contributed by atoms with van der Waals surface area (Å²) in [5.41, 5.74) is 3.70. The molecule has 0 unspecified atom stereocenters. The van der Waals surface area contributed by atoms with Crippen molar-refractivity contribution in [1.29, 1.82) is 0 Å². The number of hydrogen-bond acceptors (Lipinski definition) is 2. The van der Waals surface area contributed by atoms with Gasteiger partial charge in [0.15, 0.2) is 0 Å². The first-order chi connectivity index (χ1) is 10.3. The first kappa shape index (κ1) is 14.5. The molecule has 2 aromatic rings. The van der Waals surface area contributed by atoms with Gasteiger partial charge in [-0.25, -0.2) is 0 Å². The van der Waals surface area contributed by atoms with Crippen molar-refractivity contribution < 1.29 is 4.74 Å². The van der Waals surface area contributed by atoms with Crippen molar-refractivity contribution >= 4 is 11.6 Å². The molecule has 4 heteroatoms. The van der Waals surface area contributed by atoms with E-state index in [-0.39, 0.29) is 0 Å². The van der Waals surface area contributed by atoms with Crippen LogP contribution in [0.3, 0.4) is 0 Å². The minimum atomic E-state index is 0.764. The normalized spacial score (nSPS) is 13.2. The first-order valence-corrected chi connectivity index (χ1v) is 7.93. The summed E-state index contributed by atoms with van der Waals surface area (Å²) in [4.78, 5) is 0. The zero-order chi connectivity index (χ0) is 14.7. The molecule has 0 saturated carbocycles. The molecule has 0 fully saturated rings. The van der Waals surface area contributed by atoms with Gasteiger partial charge in [0.05, 0.1) is 13.2 Å². The van der Waals surface area contributed by atoms with Crippen LogP contribution >= 0.6 is 11.6 Å². The molecule has 0 radical (unpaired) electrons. The number of fused-ring (bicyclic) bond motifs is 1. The highest BCUT2D eigenvalue weighted by Gasteiger charge is 2.17. The van der Waals surface area contributed by atoms with Gasteiger partial charge in [0.2, 0.25) is 0 Å². The number of halogens is 1. The number of rotatable bonds is 6. The van der Waals surface area contributed by atoms with E-state index in [0.29, 0.717) is 0 Å². The van der Waals surface area contributed by atoms with Crippen molar-refractivity contribution in [3.05, 3.63) is 52.3 Å². The summed E-state index contributed by atoms with van der Waals surface area (Å²) < 4.78 is 7.95. The lowest BCUT2D eigenvalue weighted by Gasteiger charge is -2.10. The highest BCUT2D eigenvalue weighted by molar-refractivity contribution is 6.30. The molecular formula is C17H21ClN2O. The van der Waals surface area contributed by atoms with E-state index in [1.165, 1.54) is 16.7 Å². The maximum atomic E-state index is 6.21. The number of hydrogen-bond donors (Lipinski definition) is 1. The number of ether oxygens (including phenoxy) is 1. The summed E-state index contributed by atoms with van der Waals surface area (Å²) >= 11 is 6.21. The van der Waals surface area contributed by atoms with Gasteiger partial charge in [-0.3, -0.25) is 0 Å². The highest BCUT2D eigenvalue weighted by atomic mass is 35.5. The Morgan fingerprint density at radius 2 is 2.29 bits per heavy atom. The fraction of sp³-hybridized carbons (Fsp3) is 0.412. The van der Waals surface area contributed by atoms with E-state index >= 15 is 0 Å². The van der Waals surface area contributed by atoms with Crippen LogP contribution in [-0.2, 0) is 19.5 Å². The van der Waals surface area contributed by atoms with Crippen molar-refractivity contribution in [3.63, 3.8) is 0 Å². The quantitative estimate of drug-likeness (QED) is 0.825. The third-order valence-electron chi connectivity index (χ3n) is 3.75. The smallest absolute Gasteiger partial charge is 0.127 e. The lowest BCUT2D eigenvalue weighted by molar-refractivity contribution is 0.352. The van der Waals surface area contributed by atoms with E-state index in [9.17, 15) is 0 Å². The predicted octanol–water partition coefficient (Wildman–Crippen LogP) is 3.62. The molecule has 0 aliphatic carbocycles. The average Bonchev–Trinajstić information content (AvgIpc) is 3.08. The molecule has 1 aliphatic rings. The Morgan fingerprint density at radius 3 is 3.14 bits per heavy atom. The van der Waals surface area contributed by atoms with Crippen LogP contribution in [0, 0.1) is 0 Å². The van der Waals surface area contributed by atoms with Gasteiger partial charge in [0.25, 0.3) is 0 Å². The molecule has 3 rings (SSSR count).